The third kappa shape index (κ3) is 6.04. The number of alkyl halides is 4. The van der Waals surface area contributed by atoms with Crippen molar-refractivity contribution in [3.05, 3.63) is 60.1 Å². The molecule has 2 atom stereocenters. The van der Waals surface area contributed by atoms with Gasteiger partial charge in [0.25, 0.3) is 5.91 Å². The standard InChI is InChI=1S/C25H24F4N8O2S/c26-16-10-31-5-4-17(16)35-18-3-1-2-13-14(8-25(27,28)29)22(40-21(13)18)23-36-20(39-37-23)12-34-24(38)15(9-30)19-11-32-6-7-33-19/h1-3,6-7,9,11,16-17,31,35H,4-5,8,10,12,30H2,(H,34,38)/b15-9+. The van der Waals surface area contributed by atoms with Gasteiger partial charge in [0, 0.05) is 25.1 Å². The molecule has 1 aliphatic rings. The molecule has 210 valence electrons. The number of nitrogens with one attached hydrogen (secondary N) is 3. The quantitative estimate of drug-likeness (QED) is 0.183. The van der Waals surface area contributed by atoms with Gasteiger partial charge in [0.15, 0.2) is 0 Å². The van der Waals surface area contributed by atoms with Crippen LogP contribution in [0.3, 0.4) is 0 Å². The number of benzene rings is 1. The summed E-state index contributed by atoms with van der Waals surface area (Å²) in [5.74, 6) is -0.658. The first-order chi connectivity index (χ1) is 19.2. The minimum absolute atomic E-state index is 0.00866. The van der Waals surface area contributed by atoms with E-state index in [0.29, 0.717) is 28.7 Å². The van der Waals surface area contributed by atoms with Crippen molar-refractivity contribution in [1.82, 2.24) is 30.7 Å². The van der Waals surface area contributed by atoms with Crippen molar-refractivity contribution in [3.63, 3.8) is 0 Å². The zero-order valence-electron chi connectivity index (χ0n) is 20.8. The normalized spacial score (nSPS) is 18.1. The van der Waals surface area contributed by atoms with Gasteiger partial charge in [-0.3, -0.25) is 14.8 Å². The Kier molecular flexibility index (Phi) is 7.93. The number of halogens is 4. The third-order valence-electron chi connectivity index (χ3n) is 6.27. The van der Waals surface area contributed by atoms with Crippen LogP contribution in [0.15, 0.2) is 47.5 Å². The van der Waals surface area contributed by atoms with Crippen molar-refractivity contribution in [2.24, 2.45) is 5.73 Å². The van der Waals surface area contributed by atoms with Crippen LogP contribution in [0.4, 0.5) is 23.2 Å². The van der Waals surface area contributed by atoms with Crippen molar-refractivity contribution in [1.29, 1.82) is 0 Å². The molecule has 0 bridgehead atoms. The molecule has 0 spiro atoms. The summed E-state index contributed by atoms with van der Waals surface area (Å²) in [6, 6.07) is 4.46. The predicted molar refractivity (Wildman–Crippen MR) is 141 cm³/mol. The molecule has 3 aromatic heterocycles. The molecule has 1 amide bonds. The second kappa shape index (κ2) is 11.6. The van der Waals surface area contributed by atoms with Crippen molar-refractivity contribution in [3.8, 4) is 10.7 Å². The molecule has 4 heterocycles. The van der Waals surface area contributed by atoms with E-state index in [2.05, 4.69) is 36.1 Å². The summed E-state index contributed by atoms with van der Waals surface area (Å²) in [7, 11) is 0. The molecule has 1 fully saturated rings. The summed E-state index contributed by atoms with van der Waals surface area (Å²) >= 11 is 1.06. The number of rotatable bonds is 8. The van der Waals surface area contributed by atoms with Crippen molar-refractivity contribution in [2.45, 2.75) is 37.8 Å². The fourth-order valence-electron chi connectivity index (χ4n) is 4.41. The molecule has 10 nitrogen and oxygen atoms in total. The topological polar surface area (TPSA) is 144 Å². The van der Waals surface area contributed by atoms with E-state index in [1.165, 1.54) is 18.6 Å². The van der Waals surface area contributed by atoms with E-state index in [1.807, 2.05) is 0 Å². The van der Waals surface area contributed by atoms with Crippen LogP contribution in [0, 0.1) is 0 Å². The van der Waals surface area contributed by atoms with Gasteiger partial charge in [-0.1, -0.05) is 17.3 Å². The Balaban J connectivity index is 1.41. The number of thiophene rings is 1. The first-order valence-corrected chi connectivity index (χ1v) is 13.1. The molecule has 2 unspecified atom stereocenters. The van der Waals surface area contributed by atoms with E-state index >= 15 is 0 Å². The van der Waals surface area contributed by atoms with E-state index in [9.17, 15) is 22.4 Å². The summed E-state index contributed by atoms with van der Waals surface area (Å²) in [4.78, 5) is 24.9. The van der Waals surface area contributed by atoms with Crippen LogP contribution in [0.2, 0.25) is 0 Å². The monoisotopic (exact) mass is 576 g/mol. The number of hydrogen-bond donors (Lipinski definition) is 4. The van der Waals surface area contributed by atoms with Crippen LogP contribution in [0.25, 0.3) is 26.4 Å². The minimum Gasteiger partial charge on any atom is -0.404 e. The first-order valence-electron chi connectivity index (χ1n) is 12.3. The van der Waals surface area contributed by atoms with E-state index in [0.717, 1.165) is 17.5 Å². The number of anilines is 1. The van der Waals surface area contributed by atoms with Gasteiger partial charge in [-0.2, -0.15) is 18.2 Å². The summed E-state index contributed by atoms with van der Waals surface area (Å²) in [5, 5.41) is 13.0. The van der Waals surface area contributed by atoms with Gasteiger partial charge in [0.1, 0.15) is 6.17 Å². The van der Waals surface area contributed by atoms with Crippen LogP contribution in [0.1, 0.15) is 23.6 Å². The van der Waals surface area contributed by atoms with Crippen molar-refractivity contribution < 1.29 is 26.9 Å². The van der Waals surface area contributed by atoms with Gasteiger partial charge in [-0.05, 0) is 30.0 Å². The number of piperidine rings is 1. The van der Waals surface area contributed by atoms with E-state index < -0.39 is 30.7 Å². The molecule has 0 saturated carbocycles. The molecule has 15 heteroatoms. The zero-order chi connectivity index (χ0) is 28.3. The molecule has 1 saturated heterocycles. The number of nitrogens with two attached hydrogens (primary N) is 1. The van der Waals surface area contributed by atoms with Crippen LogP contribution in [0.5, 0.6) is 0 Å². The lowest BCUT2D eigenvalue weighted by Gasteiger charge is -2.28. The molecule has 40 heavy (non-hydrogen) atoms. The van der Waals surface area contributed by atoms with Gasteiger partial charge < -0.3 is 26.2 Å². The zero-order valence-corrected chi connectivity index (χ0v) is 21.7. The van der Waals surface area contributed by atoms with Crippen molar-refractivity contribution >= 4 is 38.6 Å². The summed E-state index contributed by atoms with van der Waals surface area (Å²) in [5.41, 5.74) is 6.42. The van der Waals surface area contributed by atoms with Gasteiger partial charge in [0.2, 0.25) is 11.7 Å². The van der Waals surface area contributed by atoms with Gasteiger partial charge >= 0.3 is 6.18 Å². The van der Waals surface area contributed by atoms with Crippen LogP contribution >= 0.6 is 11.3 Å². The number of amides is 1. The number of fused-ring (bicyclic) bond motifs is 1. The molecular weight excluding hydrogens is 552 g/mol. The Bertz CT molecular complexity index is 1520. The lowest BCUT2D eigenvalue weighted by molar-refractivity contribution is -0.126. The van der Waals surface area contributed by atoms with Gasteiger partial charge in [0.05, 0.1) is 51.7 Å². The van der Waals surface area contributed by atoms with Crippen LogP contribution in [-0.4, -0.2) is 57.5 Å². The molecule has 1 aromatic carbocycles. The highest BCUT2D eigenvalue weighted by atomic mass is 32.1. The number of carbonyl (C=O) groups excluding carboxylic acids is 1. The smallest absolute Gasteiger partial charge is 0.393 e. The summed E-state index contributed by atoms with van der Waals surface area (Å²) in [6.45, 7) is 0.627. The highest BCUT2D eigenvalue weighted by Gasteiger charge is 2.33. The summed E-state index contributed by atoms with van der Waals surface area (Å²) in [6.07, 6.45) is -1.02. The fraction of sp³-hybridized carbons (Fsp3) is 0.320. The maximum absolute atomic E-state index is 14.5. The fourth-order valence-corrected chi connectivity index (χ4v) is 5.63. The average Bonchev–Trinajstić information content (AvgIpc) is 3.54. The van der Waals surface area contributed by atoms with Gasteiger partial charge in [-0.15, -0.1) is 11.3 Å². The second-order valence-electron chi connectivity index (χ2n) is 9.01. The SMILES string of the molecule is N/C=C(/C(=O)NCc1nc(-c2sc3c(NC4CCNCC4F)cccc3c2CC(F)(F)F)no1)c1cnccn1. The molecule has 5 rings (SSSR count). The Labute approximate surface area is 229 Å². The first kappa shape index (κ1) is 27.5. The van der Waals surface area contributed by atoms with E-state index in [1.54, 1.807) is 18.2 Å². The summed E-state index contributed by atoms with van der Waals surface area (Å²) < 4.78 is 61.1. The molecule has 4 aromatic rings. The van der Waals surface area contributed by atoms with Crippen LogP contribution < -0.4 is 21.7 Å². The second-order valence-corrected chi connectivity index (χ2v) is 10.0. The largest absolute Gasteiger partial charge is 0.404 e. The van der Waals surface area contributed by atoms with Crippen molar-refractivity contribution in [2.75, 3.05) is 18.4 Å². The molecule has 0 radical (unpaired) electrons. The highest BCUT2D eigenvalue weighted by molar-refractivity contribution is 7.23. The molecule has 0 aliphatic carbocycles. The number of hydrogen-bond acceptors (Lipinski definition) is 10. The molecule has 5 N–H and O–H groups in total. The van der Waals surface area contributed by atoms with Gasteiger partial charge in [-0.25, -0.2) is 4.39 Å². The number of nitrogens with zero attached hydrogens (tertiary/aromatic N) is 4. The Morgan fingerprint density at radius 3 is 2.88 bits per heavy atom. The van der Waals surface area contributed by atoms with E-state index in [-0.39, 0.29) is 46.5 Å². The third-order valence-corrected chi connectivity index (χ3v) is 7.54. The predicted octanol–water partition coefficient (Wildman–Crippen LogP) is 3.57. The number of aromatic nitrogens is 4. The lowest BCUT2D eigenvalue weighted by Crippen LogP contribution is -2.45. The maximum Gasteiger partial charge on any atom is 0.393 e. The molecular formula is C25H24F4N8O2S. The number of carbonyl (C=O) groups is 1. The van der Waals surface area contributed by atoms with E-state index in [4.69, 9.17) is 10.3 Å². The Morgan fingerprint density at radius 1 is 1.30 bits per heavy atom. The lowest BCUT2D eigenvalue weighted by atomic mass is 10.0. The molecule has 1 aliphatic heterocycles. The van der Waals surface area contributed by atoms with Crippen LogP contribution in [-0.2, 0) is 17.8 Å². The Morgan fingerprint density at radius 2 is 2.15 bits per heavy atom. The maximum atomic E-state index is 14.5. The Hall–Kier alpha value is -4.11. The highest BCUT2D eigenvalue weighted by Crippen LogP contribution is 2.43. The average molecular weight is 577 g/mol. The minimum atomic E-state index is -4.50.